The third-order valence-corrected chi connectivity index (χ3v) is 7.34. The molecule has 32 heavy (non-hydrogen) atoms. The van der Waals surface area contributed by atoms with Gasteiger partial charge in [0.25, 0.3) is 0 Å². The largest absolute Gasteiger partial charge is 0.480 e. The van der Waals surface area contributed by atoms with Crippen molar-refractivity contribution in [1.29, 1.82) is 0 Å². The van der Waals surface area contributed by atoms with Gasteiger partial charge in [-0.05, 0) is 53.3 Å². The van der Waals surface area contributed by atoms with Gasteiger partial charge >= 0.3 is 12.1 Å². The maximum atomic E-state index is 14.2. The first-order chi connectivity index (χ1) is 15.1. The number of hydrogen-bond acceptors (Lipinski definition) is 3. The lowest BCUT2D eigenvalue weighted by Gasteiger charge is -2.46. The molecule has 2 heterocycles. The van der Waals surface area contributed by atoms with Gasteiger partial charge in [0.2, 0.25) is 5.60 Å². The summed E-state index contributed by atoms with van der Waals surface area (Å²) >= 11 is 11.9. The molecule has 4 nitrogen and oxygen atoms in total. The van der Waals surface area contributed by atoms with E-state index in [1.54, 1.807) is 6.07 Å². The van der Waals surface area contributed by atoms with Gasteiger partial charge in [0.15, 0.2) is 0 Å². The zero-order chi connectivity index (χ0) is 22.9. The highest BCUT2D eigenvalue weighted by molar-refractivity contribution is 6.34. The normalized spacial score (nSPS) is 28.8. The lowest BCUT2D eigenvalue weighted by atomic mass is 9.69. The van der Waals surface area contributed by atoms with Gasteiger partial charge in [-0.25, -0.2) is 0 Å². The summed E-state index contributed by atoms with van der Waals surface area (Å²) in [6, 6.07) is 8.62. The van der Waals surface area contributed by atoms with Crippen LogP contribution >= 0.6 is 23.2 Å². The fourth-order valence-corrected chi connectivity index (χ4v) is 5.74. The first-order valence-corrected chi connectivity index (χ1v) is 10.8. The summed E-state index contributed by atoms with van der Waals surface area (Å²) in [5.41, 5.74) is -0.236. The topological polar surface area (TPSA) is 58.6 Å². The number of carbonyl (C=O) groups is 1. The lowest BCUT2D eigenvalue weighted by Crippen LogP contribution is -2.67. The fourth-order valence-electron chi connectivity index (χ4n) is 5.22. The number of hydrogen-bond donors (Lipinski definition) is 2. The molecule has 3 aliphatic rings. The van der Waals surface area contributed by atoms with Gasteiger partial charge in [-0.2, -0.15) is 13.2 Å². The van der Waals surface area contributed by atoms with E-state index >= 15 is 0 Å². The van der Waals surface area contributed by atoms with Gasteiger partial charge < -0.3 is 15.2 Å². The Morgan fingerprint density at radius 3 is 2.47 bits per heavy atom. The van der Waals surface area contributed by atoms with Crippen molar-refractivity contribution >= 4 is 34.7 Å². The minimum Gasteiger partial charge on any atom is -0.480 e. The van der Waals surface area contributed by atoms with Crippen molar-refractivity contribution in [2.24, 2.45) is 0 Å². The highest BCUT2D eigenvalue weighted by Crippen LogP contribution is 2.53. The molecule has 3 atom stereocenters. The summed E-state index contributed by atoms with van der Waals surface area (Å²) in [7, 11) is 0. The smallest absolute Gasteiger partial charge is 0.432 e. The second-order valence-electron chi connectivity index (χ2n) is 8.60. The van der Waals surface area contributed by atoms with E-state index in [1.807, 2.05) is 12.1 Å². The van der Waals surface area contributed by atoms with Gasteiger partial charge in [0.1, 0.15) is 6.04 Å². The van der Waals surface area contributed by atoms with Crippen molar-refractivity contribution in [3.8, 4) is 0 Å². The number of fused-ring (bicyclic) bond motifs is 2. The number of carboxylic acid groups (broad SMARTS) is 1. The van der Waals surface area contributed by atoms with Crippen LogP contribution in [0.25, 0.3) is 5.57 Å². The predicted octanol–water partition coefficient (Wildman–Crippen LogP) is 5.45. The van der Waals surface area contributed by atoms with Gasteiger partial charge in [0.05, 0.1) is 6.26 Å². The molecule has 5 rings (SSSR count). The molecule has 1 fully saturated rings. The Bertz CT molecular complexity index is 1150. The SMILES string of the molecule is O=C(O)C1NCC12CCc1cc(C3=COC(c4cc(Cl)cc(Cl)c4)(C(F)(F)F)C3)ccc12. The molecule has 168 valence electrons. The zero-order valence-electron chi connectivity index (χ0n) is 16.6. The Morgan fingerprint density at radius 2 is 1.88 bits per heavy atom. The summed E-state index contributed by atoms with van der Waals surface area (Å²) in [4.78, 5) is 11.6. The monoisotopic (exact) mass is 483 g/mol. The molecule has 3 unspecified atom stereocenters. The maximum absolute atomic E-state index is 14.2. The number of nitrogens with one attached hydrogen (secondary N) is 1. The molecule has 0 amide bonds. The second-order valence-corrected chi connectivity index (χ2v) is 9.47. The van der Waals surface area contributed by atoms with Gasteiger partial charge in [-0.15, -0.1) is 0 Å². The fraction of sp³-hybridized carbons (Fsp3) is 0.348. The number of aryl methyl sites for hydroxylation is 1. The summed E-state index contributed by atoms with van der Waals surface area (Å²) in [6.07, 6.45) is -2.60. The highest BCUT2D eigenvalue weighted by atomic mass is 35.5. The summed E-state index contributed by atoms with van der Waals surface area (Å²) < 4.78 is 48.0. The molecule has 0 radical (unpaired) electrons. The molecule has 1 aliphatic carbocycles. The van der Waals surface area contributed by atoms with Crippen LogP contribution in [0.15, 0.2) is 42.7 Å². The molecule has 9 heteroatoms. The summed E-state index contributed by atoms with van der Waals surface area (Å²) in [5.74, 6) is -0.893. The first kappa shape index (κ1) is 21.6. The molecule has 2 N–H and O–H groups in total. The van der Waals surface area contributed by atoms with E-state index in [4.69, 9.17) is 27.9 Å². The number of carboxylic acids is 1. The number of benzene rings is 2. The molecular weight excluding hydrogens is 466 g/mol. The van der Waals surface area contributed by atoms with Crippen LogP contribution < -0.4 is 5.32 Å². The van der Waals surface area contributed by atoms with Crippen molar-refractivity contribution in [2.45, 2.75) is 42.5 Å². The lowest BCUT2D eigenvalue weighted by molar-refractivity contribution is -0.260. The Labute approximate surface area is 192 Å². The van der Waals surface area contributed by atoms with E-state index in [1.165, 1.54) is 18.2 Å². The van der Waals surface area contributed by atoms with Crippen LogP contribution in [0.4, 0.5) is 13.2 Å². The van der Waals surface area contributed by atoms with E-state index in [2.05, 4.69) is 5.32 Å². The Balaban J connectivity index is 1.48. The van der Waals surface area contributed by atoms with Crippen molar-refractivity contribution in [1.82, 2.24) is 5.32 Å². The van der Waals surface area contributed by atoms with Crippen molar-refractivity contribution in [2.75, 3.05) is 6.54 Å². The van der Waals surface area contributed by atoms with E-state index in [0.717, 1.165) is 17.4 Å². The number of rotatable bonds is 3. The predicted molar refractivity (Wildman–Crippen MR) is 114 cm³/mol. The quantitative estimate of drug-likeness (QED) is 0.609. The average Bonchev–Trinajstić information content (AvgIpc) is 3.29. The summed E-state index contributed by atoms with van der Waals surface area (Å²) in [6.45, 7) is 0.578. The molecule has 2 aromatic rings. The average molecular weight is 484 g/mol. The molecule has 0 bridgehead atoms. The molecule has 0 aromatic heterocycles. The Morgan fingerprint density at radius 1 is 1.16 bits per heavy atom. The van der Waals surface area contributed by atoms with Crippen LogP contribution in [0.5, 0.6) is 0 Å². The van der Waals surface area contributed by atoms with Gasteiger partial charge in [0, 0.05) is 34.0 Å². The van der Waals surface area contributed by atoms with Crippen molar-refractivity contribution in [3.63, 3.8) is 0 Å². The molecule has 2 aliphatic heterocycles. The van der Waals surface area contributed by atoms with E-state index in [9.17, 15) is 23.1 Å². The third kappa shape index (κ3) is 3.05. The maximum Gasteiger partial charge on any atom is 0.432 e. The number of halogens is 5. The number of ether oxygens (including phenoxy) is 1. The van der Waals surface area contributed by atoms with Crippen LogP contribution in [-0.4, -0.2) is 29.8 Å². The second kappa shape index (κ2) is 7.14. The van der Waals surface area contributed by atoms with E-state index < -0.39 is 35.6 Å². The summed E-state index contributed by atoms with van der Waals surface area (Å²) in [5, 5.41) is 12.6. The van der Waals surface area contributed by atoms with Crippen LogP contribution in [-0.2, 0) is 27.0 Å². The molecule has 2 aromatic carbocycles. The van der Waals surface area contributed by atoms with Gasteiger partial charge in [-0.1, -0.05) is 41.4 Å². The standard InChI is InChI=1S/C23H18Cl2F3NO3/c24-16-6-15(7-17(25)8-16)22(23(26,27)28)9-14(10-32-22)12-1-2-18-13(5-12)3-4-21(18)11-29-19(21)20(30)31/h1-2,5-8,10,19,29H,3-4,9,11H2,(H,30,31). The van der Waals surface area contributed by atoms with Gasteiger partial charge in [-0.3, -0.25) is 4.79 Å². The first-order valence-electron chi connectivity index (χ1n) is 10.1. The molecule has 1 saturated heterocycles. The number of alkyl halides is 3. The molecule has 0 saturated carbocycles. The van der Waals surface area contributed by atoms with Crippen LogP contribution in [0, 0.1) is 0 Å². The third-order valence-electron chi connectivity index (χ3n) is 6.90. The molecular formula is C23H18Cl2F3NO3. The Kier molecular flexibility index (Phi) is 4.82. The number of aliphatic carboxylic acids is 1. The van der Waals surface area contributed by atoms with E-state index in [0.29, 0.717) is 30.5 Å². The molecule has 1 spiro atoms. The van der Waals surface area contributed by atoms with Crippen molar-refractivity contribution in [3.05, 3.63) is 75.0 Å². The van der Waals surface area contributed by atoms with Crippen LogP contribution in [0.2, 0.25) is 10.0 Å². The van der Waals surface area contributed by atoms with Crippen molar-refractivity contribution < 1.29 is 27.8 Å². The van der Waals surface area contributed by atoms with Crippen LogP contribution in [0.1, 0.15) is 35.1 Å². The minimum atomic E-state index is -4.70. The van der Waals surface area contributed by atoms with E-state index in [-0.39, 0.29) is 15.6 Å². The van der Waals surface area contributed by atoms with Crippen LogP contribution in [0.3, 0.4) is 0 Å². The minimum absolute atomic E-state index is 0.0955. The highest BCUT2D eigenvalue weighted by Gasteiger charge is 2.61. The zero-order valence-corrected chi connectivity index (χ0v) is 18.1. The Hall–Kier alpha value is -2.22.